The fourth-order valence-corrected chi connectivity index (χ4v) is 2.81. The van der Waals surface area contributed by atoms with Crippen LogP contribution in [0.15, 0.2) is 36.4 Å². The Morgan fingerprint density at radius 1 is 1.04 bits per heavy atom. The molecule has 3 rings (SSSR count). The molecule has 0 spiro atoms. The van der Waals surface area contributed by atoms with Crippen molar-refractivity contribution in [1.82, 2.24) is 0 Å². The predicted molar refractivity (Wildman–Crippen MR) is 95.1 cm³/mol. The molecule has 1 aliphatic heterocycles. The molecule has 0 aromatic heterocycles. The maximum atomic E-state index is 12.4. The maximum Gasteiger partial charge on any atom is 0.203 e. The molecule has 130 valence electrons. The molecule has 0 bridgehead atoms. The van der Waals surface area contributed by atoms with E-state index in [2.05, 4.69) is 0 Å². The summed E-state index contributed by atoms with van der Waals surface area (Å²) in [5.41, 5.74) is 2.51. The van der Waals surface area contributed by atoms with Crippen molar-refractivity contribution in [3.8, 4) is 23.0 Å². The Morgan fingerprint density at radius 2 is 1.76 bits per heavy atom. The van der Waals surface area contributed by atoms with Gasteiger partial charge in [0.1, 0.15) is 5.75 Å². The van der Waals surface area contributed by atoms with E-state index in [1.165, 1.54) is 6.08 Å². The van der Waals surface area contributed by atoms with Crippen LogP contribution >= 0.6 is 0 Å². The molecule has 2 aromatic rings. The molecule has 0 radical (unpaired) electrons. The Hall–Kier alpha value is -2.95. The average Bonchev–Trinajstić information content (AvgIpc) is 3.12. The molecular formula is C20H20O5. The molecule has 0 amide bonds. The number of carbonyl (C=O) groups is 1. The summed E-state index contributed by atoms with van der Waals surface area (Å²) in [5, 5.41) is 0. The van der Waals surface area contributed by atoms with E-state index < -0.39 is 0 Å². The number of benzene rings is 2. The Kier molecular flexibility index (Phi) is 4.93. The van der Waals surface area contributed by atoms with E-state index in [1.807, 2.05) is 12.1 Å². The van der Waals surface area contributed by atoms with Gasteiger partial charge in [-0.05, 0) is 47.5 Å². The summed E-state index contributed by atoms with van der Waals surface area (Å²) in [4.78, 5) is 12.4. The molecule has 2 aromatic carbocycles. The average molecular weight is 340 g/mol. The minimum Gasteiger partial charge on any atom is -0.493 e. The van der Waals surface area contributed by atoms with Crippen molar-refractivity contribution in [1.29, 1.82) is 0 Å². The smallest absolute Gasteiger partial charge is 0.203 e. The van der Waals surface area contributed by atoms with Crippen molar-refractivity contribution < 1.29 is 23.7 Å². The summed E-state index contributed by atoms with van der Waals surface area (Å²) in [7, 11) is 4.67. The zero-order valence-electron chi connectivity index (χ0n) is 14.5. The SMILES string of the molecule is COc1cc(/C=C/C(=O)c2ccc3c(c2)CCO3)cc(OC)c1OC. The molecule has 0 saturated heterocycles. The van der Waals surface area contributed by atoms with Gasteiger partial charge in [0, 0.05) is 12.0 Å². The molecule has 0 atom stereocenters. The fraction of sp³-hybridized carbons (Fsp3) is 0.250. The van der Waals surface area contributed by atoms with Gasteiger partial charge in [-0.15, -0.1) is 0 Å². The Morgan fingerprint density at radius 3 is 2.40 bits per heavy atom. The molecule has 5 nitrogen and oxygen atoms in total. The monoisotopic (exact) mass is 340 g/mol. The Labute approximate surface area is 146 Å². The lowest BCUT2D eigenvalue weighted by Crippen LogP contribution is -1.97. The first-order valence-electron chi connectivity index (χ1n) is 7.94. The first-order chi connectivity index (χ1) is 12.2. The van der Waals surface area contributed by atoms with Gasteiger partial charge in [0.15, 0.2) is 17.3 Å². The van der Waals surface area contributed by atoms with Gasteiger partial charge in [0.05, 0.1) is 27.9 Å². The van der Waals surface area contributed by atoms with Gasteiger partial charge in [-0.1, -0.05) is 6.08 Å². The number of hydrogen-bond acceptors (Lipinski definition) is 5. The van der Waals surface area contributed by atoms with E-state index in [0.717, 1.165) is 23.3 Å². The molecule has 0 aliphatic carbocycles. The highest BCUT2D eigenvalue weighted by molar-refractivity contribution is 6.07. The lowest BCUT2D eigenvalue weighted by molar-refractivity contribution is 0.104. The van der Waals surface area contributed by atoms with Gasteiger partial charge >= 0.3 is 0 Å². The van der Waals surface area contributed by atoms with Crippen LogP contribution in [0.25, 0.3) is 6.08 Å². The maximum absolute atomic E-state index is 12.4. The summed E-state index contributed by atoms with van der Waals surface area (Å²) in [6, 6.07) is 9.11. The minimum atomic E-state index is -0.0662. The minimum absolute atomic E-state index is 0.0662. The predicted octanol–water partition coefficient (Wildman–Crippen LogP) is 3.54. The topological polar surface area (TPSA) is 54.0 Å². The second kappa shape index (κ2) is 7.30. The lowest BCUT2D eigenvalue weighted by Gasteiger charge is -2.12. The van der Waals surface area contributed by atoms with Crippen LogP contribution in [0.1, 0.15) is 21.5 Å². The number of fused-ring (bicyclic) bond motifs is 1. The van der Waals surface area contributed by atoms with Crippen LogP contribution in [-0.4, -0.2) is 33.7 Å². The van der Waals surface area contributed by atoms with E-state index in [9.17, 15) is 4.79 Å². The molecule has 5 heteroatoms. The summed E-state index contributed by atoms with van der Waals surface area (Å²) < 4.78 is 21.4. The van der Waals surface area contributed by atoms with Gasteiger partial charge in [0.2, 0.25) is 5.75 Å². The van der Waals surface area contributed by atoms with Crippen molar-refractivity contribution in [2.24, 2.45) is 0 Å². The first kappa shape index (κ1) is 16.9. The fourth-order valence-electron chi connectivity index (χ4n) is 2.81. The van der Waals surface area contributed by atoms with Crippen molar-refractivity contribution in [3.63, 3.8) is 0 Å². The van der Waals surface area contributed by atoms with Crippen molar-refractivity contribution >= 4 is 11.9 Å². The van der Waals surface area contributed by atoms with Crippen LogP contribution in [0.5, 0.6) is 23.0 Å². The Bertz CT molecular complexity index is 798. The number of ketones is 1. The number of rotatable bonds is 6. The molecule has 0 saturated carbocycles. The number of hydrogen-bond donors (Lipinski definition) is 0. The Balaban J connectivity index is 1.85. The summed E-state index contributed by atoms with van der Waals surface area (Å²) in [5.74, 6) is 2.41. The third-order valence-electron chi connectivity index (χ3n) is 4.09. The van der Waals surface area contributed by atoms with Crippen molar-refractivity contribution in [2.45, 2.75) is 6.42 Å². The van der Waals surface area contributed by atoms with E-state index >= 15 is 0 Å². The van der Waals surface area contributed by atoms with E-state index in [-0.39, 0.29) is 5.78 Å². The zero-order valence-corrected chi connectivity index (χ0v) is 14.5. The second-order valence-electron chi connectivity index (χ2n) is 5.58. The highest BCUT2D eigenvalue weighted by atomic mass is 16.5. The van der Waals surface area contributed by atoms with Crippen LogP contribution in [0.3, 0.4) is 0 Å². The van der Waals surface area contributed by atoms with Crippen LogP contribution in [0.4, 0.5) is 0 Å². The normalized spacial score (nSPS) is 12.6. The summed E-state index contributed by atoms with van der Waals surface area (Å²) in [6.07, 6.45) is 4.11. The second-order valence-corrected chi connectivity index (χ2v) is 5.58. The van der Waals surface area contributed by atoms with E-state index in [1.54, 1.807) is 45.6 Å². The molecular weight excluding hydrogens is 320 g/mol. The van der Waals surface area contributed by atoms with Crippen LogP contribution in [0, 0.1) is 0 Å². The molecule has 1 heterocycles. The molecule has 0 fully saturated rings. The van der Waals surface area contributed by atoms with Crippen molar-refractivity contribution in [3.05, 3.63) is 53.1 Å². The van der Waals surface area contributed by atoms with Gasteiger partial charge in [0.25, 0.3) is 0 Å². The molecule has 0 unspecified atom stereocenters. The highest BCUT2D eigenvalue weighted by Gasteiger charge is 2.15. The summed E-state index contributed by atoms with van der Waals surface area (Å²) >= 11 is 0. The third-order valence-corrected chi connectivity index (χ3v) is 4.09. The van der Waals surface area contributed by atoms with Crippen molar-refractivity contribution in [2.75, 3.05) is 27.9 Å². The van der Waals surface area contributed by atoms with Gasteiger partial charge < -0.3 is 18.9 Å². The van der Waals surface area contributed by atoms with Crippen LogP contribution in [0.2, 0.25) is 0 Å². The quantitative estimate of drug-likeness (QED) is 0.595. The van der Waals surface area contributed by atoms with Gasteiger partial charge in [-0.3, -0.25) is 4.79 Å². The number of allylic oxidation sites excluding steroid dienone is 1. The van der Waals surface area contributed by atoms with E-state index in [0.29, 0.717) is 29.4 Å². The van der Waals surface area contributed by atoms with Gasteiger partial charge in [-0.2, -0.15) is 0 Å². The standard InChI is InChI=1S/C20H20O5/c1-22-18-10-13(11-19(23-2)20(18)24-3)4-6-16(21)14-5-7-17-15(12-14)8-9-25-17/h4-7,10-12H,8-9H2,1-3H3/b6-4+. The molecule has 1 aliphatic rings. The molecule has 0 N–H and O–H groups in total. The summed E-state index contributed by atoms with van der Waals surface area (Å²) in [6.45, 7) is 0.675. The van der Waals surface area contributed by atoms with Gasteiger partial charge in [-0.25, -0.2) is 0 Å². The first-order valence-corrected chi connectivity index (χ1v) is 7.94. The largest absolute Gasteiger partial charge is 0.493 e. The number of ether oxygens (including phenoxy) is 4. The van der Waals surface area contributed by atoms with Crippen LogP contribution in [-0.2, 0) is 6.42 Å². The van der Waals surface area contributed by atoms with Crippen LogP contribution < -0.4 is 18.9 Å². The molecule has 25 heavy (non-hydrogen) atoms. The third kappa shape index (κ3) is 3.45. The lowest BCUT2D eigenvalue weighted by atomic mass is 10.0. The number of methoxy groups -OCH3 is 3. The zero-order chi connectivity index (χ0) is 17.8. The highest BCUT2D eigenvalue weighted by Crippen LogP contribution is 2.38. The number of carbonyl (C=O) groups excluding carboxylic acids is 1. The van der Waals surface area contributed by atoms with E-state index in [4.69, 9.17) is 18.9 Å².